The number of alkyl halides is 1. The fourth-order valence-corrected chi connectivity index (χ4v) is 1.88. The van der Waals surface area contributed by atoms with Gasteiger partial charge in [-0.1, -0.05) is 6.42 Å². The summed E-state index contributed by atoms with van der Waals surface area (Å²) in [7, 11) is 1.79. The Kier molecular flexibility index (Phi) is 3.50. The molecule has 0 aliphatic heterocycles. The Labute approximate surface area is 67.7 Å². The van der Waals surface area contributed by atoms with Crippen LogP contribution in [0.3, 0.4) is 0 Å². The summed E-state index contributed by atoms with van der Waals surface area (Å²) in [6, 6.07) is 0. The van der Waals surface area contributed by atoms with Crippen LogP contribution in [0.2, 0.25) is 0 Å². The minimum absolute atomic E-state index is 0.484. The summed E-state index contributed by atoms with van der Waals surface area (Å²) in [5, 5.41) is 0. The van der Waals surface area contributed by atoms with E-state index >= 15 is 0 Å². The molecule has 10 heavy (non-hydrogen) atoms. The molecule has 0 aromatic heterocycles. The molecular weight excluding hydrogens is 148 g/mol. The van der Waals surface area contributed by atoms with Gasteiger partial charge in [0, 0.05) is 13.0 Å². The van der Waals surface area contributed by atoms with Gasteiger partial charge in [-0.15, -0.1) is 11.6 Å². The van der Waals surface area contributed by atoms with Gasteiger partial charge in [0.15, 0.2) is 0 Å². The molecule has 1 aliphatic carbocycles. The second-order valence-corrected chi connectivity index (χ2v) is 3.35. The largest absolute Gasteiger partial charge is 0.381 e. The van der Waals surface area contributed by atoms with Crippen molar-refractivity contribution >= 4 is 11.6 Å². The van der Waals surface area contributed by atoms with E-state index in [-0.39, 0.29) is 0 Å². The smallest absolute Gasteiger partial charge is 0.0574 e. The van der Waals surface area contributed by atoms with Crippen molar-refractivity contribution in [2.75, 3.05) is 13.0 Å². The van der Waals surface area contributed by atoms with Crippen LogP contribution in [0.15, 0.2) is 0 Å². The first-order valence-corrected chi connectivity index (χ1v) is 4.49. The van der Waals surface area contributed by atoms with Gasteiger partial charge in [0.2, 0.25) is 0 Å². The van der Waals surface area contributed by atoms with Crippen molar-refractivity contribution in [2.45, 2.75) is 31.8 Å². The SMILES string of the molecule is COC1CCCC(CCl)C1. The lowest BCUT2D eigenvalue weighted by Crippen LogP contribution is -2.22. The standard InChI is InChI=1S/C8H15ClO/c1-10-8-4-2-3-7(5-8)6-9/h7-8H,2-6H2,1H3. The number of rotatable bonds is 2. The minimum Gasteiger partial charge on any atom is -0.381 e. The summed E-state index contributed by atoms with van der Waals surface area (Å²) in [6.45, 7) is 0. The van der Waals surface area contributed by atoms with E-state index in [2.05, 4.69) is 0 Å². The summed E-state index contributed by atoms with van der Waals surface area (Å²) in [5.41, 5.74) is 0. The topological polar surface area (TPSA) is 9.23 Å². The van der Waals surface area contributed by atoms with Crippen LogP contribution in [0.25, 0.3) is 0 Å². The van der Waals surface area contributed by atoms with E-state index in [4.69, 9.17) is 16.3 Å². The molecule has 0 saturated heterocycles. The Morgan fingerprint density at radius 1 is 1.50 bits per heavy atom. The monoisotopic (exact) mass is 162 g/mol. The van der Waals surface area contributed by atoms with E-state index in [1.54, 1.807) is 7.11 Å². The fraction of sp³-hybridized carbons (Fsp3) is 1.00. The Balaban J connectivity index is 2.25. The van der Waals surface area contributed by atoms with Crippen LogP contribution in [-0.4, -0.2) is 19.1 Å². The molecule has 2 unspecified atom stereocenters. The van der Waals surface area contributed by atoms with Crippen molar-refractivity contribution < 1.29 is 4.74 Å². The van der Waals surface area contributed by atoms with Crippen molar-refractivity contribution in [2.24, 2.45) is 5.92 Å². The van der Waals surface area contributed by atoms with Gasteiger partial charge < -0.3 is 4.74 Å². The highest BCUT2D eigenvalue weighted by atomic mass is 35.5. The van der Waals surface area contributed by atoms with Crippen LogP contribution in [0.5, 0.6) is 0 Å². The Morgan fingerprint density at radius 3 is 2.90 bits per heavy atom. The zero-order valence-corrected chi connectivity index (χ0v) is 7.23. The van der Waals surface area contributed by atoms with E-state index in [1.807, 2.05) is 0 Å². The summed E-state index contributed by atoms with van der Waals surface area (Å²) in [4.78, 5) is 0. The van der Waals surface area contributed by atoms with E-state index in [1.165, 1.54) is 25.7 Å². The second-order valence-electron chi connectivity index (χ2n) is 3.04. The van der Waals surface area contributed by atoms with Crippen molar-refractivity contribution in [3.05, 3.63) is 0 Å². The van der Waals surface area contributed by atoms with Crippen molar-refractivity contribution in [1.29, 1.82) is 0 Å². The molecule has 0 N–H and O–H groups in total. The van der Waals surface area contributed by atoms with Gasteiger partial charge in [-0.2, -0.15) is 0 Å². The zero-order valence-electron chi connectivity index (χ0n) is 6.48. The Hall–Kier alpha value is 0.250. The van der Waals surface area contributed by atoms with Crippen LogP contribution in [0, 0.1) is 5.92 Å². The first kappa shape index (κ1) is 8.35. The summed E-state index contributed by atoms with van der Waals surface area (Å²) in [5.74, 6) is 1.51. The van der Waals surface area contributed by atoms with Gasteiger partial charge in [-0.25, -0.2) is 0 Å². The molecule has 2 heteroatoms. The summed E-state index contributed by atoms with van der Waals surface area (Å²) >= 11 is 5.75. The third-order valence-corrected chi connectivity index (χ3v) is 2.72. The van der Waals surface area contributed by atoms with Gasteiger partial charge >= 0.3 is 0 Å². The number of halogens is 1. The van der Waals surface area contributed by atoms with Gasteiger partial charge in [-0.05, 0) is 25.2 Å². The number of methoxy groups -OCH3 is 1. The molecule has 0 radical (unpaired) electrons. The molecule has 0 spiro atoms. The molecule has 1 nitrogen and oxygen atoms in total. The van der Waals surface area contributed by atoms with E-state index in [0.29, 0.717) is 12.0 Å². The van der Waals surface area contributed by atoms with E-state index in [0.717, 1.165) is 5.88 Å². The molecule has 0 aromatic carbocycles. The number of hydrogen-bond acceptors (Lipinski definition) is 1. The first-order chi connectivity index (χ1) is 4.86. The second kappa shape index (κ2) is 4.20. The maximum absolute atomic E-state index is 5.75. The maximum Gasteiger partial charge on any atom is 0.0574 e. The van der Waals surface area contributed by atoms with Crippen molar-refractivity contribution in [3.8, 4) is 0 Å². The molecule has 0 aromatic rings. The average molecular weight is 163 g/mol. The molecule has 0 bridgehead atoms. The zero-order chi connectivity index (χ0) is 7.40. The molecule has 0 heterocycles. The predicted molar refractivity (Wildman–Crippen MR) is 43.5 cm³/mol. The highest BCUT2D eigenvalue weighted by molar-refractivity contribution is 6.18. The lowest BCUT2D eigenvalue weighted by Gasteiger charge is -2.26. The normalized spacial score (nSPS) is 34.2. The van der Waals surface area contributed by atoms with E-state index in [9.17, 15) is 0 Å². The number of ether oxygens (including phenoxy) is 1. The highest BCUT2D eigenvalue weighted by Gasteiger charge is 2.20. The molecule has 1 aliphatic rings. The van der Waals surface area contributed by atoms with Gasteiger partial charge in [0.25, 0.3) is 0 Å². The third kappa shape index (κ3) is 2.14. The van der Waals surface area contributed by atoms with Gasteiger partial charge in [0.1, 0.15) is 0 Å². The van der Waals surface area contributed by atoms with Crippen LogP contribution in [0.4, 0.5) is 0 Å². The Bertz CT molecular complexity index is 85.3. The maximum atomic E-state index is 5.75. The summed E-state index contributed by atoms with van der Waals surface area (Å²) < 4.78 is 5.26. The first-order valence-electron chi connectivity index (χ1n) is 3.95. The molecule has 60 valence electrons. The van der Waals surface area contributed by atoms with Crippen LogP contribution in [0.1, 0.15) is 25.7 Å². The third-order valence-electron chi connectivity index (χ3n) is 2.29. The minimum atomic E-state index is 0.484. The average Bonchev–Trinajstić information content (AvgIpc) is 2.05. The lowest BCUT2D eigenvalue weighted by atomic mass is 9.88. The molecule has 1 rings (SSSR count). The Morgan fingerprint density at radius 2 is 2.30 bits per heavy atom. The molecule has 1 fully saturated rings. The van der Waals surface area contributed by atoms with Crippen LogP contribution >= 0.6 is 11.6 Å². The number of hydrogen-bond donors (Lipinski definition) is 0. The molecular formula is C8H15ClO. The van der Waals surface area contributed by atoms with Crippen LogP contribution in [-0.2, 0) is 4.74 Å². The molecule has 1 saturated carbocycles. The lowest BCUT2D eigenvalue weighted by molar-refractivity contribution is 0.0548. The van der Waals surface area contributed by atoms with E-state index < -0.39 is 0 Å². The van der Waals surface area contributed by atoms with Gasteiger partial charge in [-0.3, -0.25) is 0 Å². The fourth-order valence-electron chi connectivity index (χ4n) is 1.60. The van der Waals surface area contributed by atoms with Crippen molar-refractivity contribution in [3.63, 3.8) is 0 Å². The highest BCUT2D eigenvalue weighted by Crippen LogP contribution is 2.26. The van der Waals surface area contributed by atoms with Crippen molar-refractivity contribution in [1.82, 2.24) is 0 Å². The quantitative estimate of drug-likeness (QED) is 0.567. The summed E-state index contributed by atoms with van der Waals surface area (Å²) in [6.07, 6.45) is 5.46. The van der Waals surface area contributed by atoms with Crippen LogP contribution < -0.4 is 0 Å². The predicted octanol–water partition coefficient (Wildman–Crippen LogP) is 2.43. The van der Waals surface area contributed by atoms with Gasteiger partial charge in [0.05, 0.1) is 6.10 Å². The molecule has 2 atom stereocenters. The molecule has 0 amide bonds.